The van der Waals surface area contributed by atoms with Crippen molar-refractivity contribution in [2.45, 2.75) is 13.1 Å². The molecule has 0 atom stereocenters. The van der Waals surface area contributed by atoms with Crippen LogP contribution < -0.4 is 5.76 Å². The average Bonchev–Trinajstić information content (AvgIpc) is 3.22. The molecule has 0 aliphatic rings. The van der Waals surface area contributed by atoms with Crippen LogP contribution in [-0.4, -0.2) is 27.6 Å². The minimum absolute atomic E-state index is 0.0159. The lowest BCUT2D eigenvalue weighted by Crippen LogP contribution is -2.32. The van der Waals surface area contributed by atoms with E-state index in [4.69, 9.17) is 13.3 Å². The molecule has 8 nitrogen and oxygen atoms in total. The fraction of sp³-hybridized carbons (Fsp3) is 0.214. The van der Waals surface area contributed by atoms with Gasteiger partial charge in [-0.2, -0.15) is 4.68 Å². The summed E-state index contributed by atoms with van der Waals surface area (Å²) >= 11 is 3.15. The Balaban J connectivity index is 1.71. The molecule has 0 aromatic carbocycles. The summed E-state index contributed by atoms with van der Waals surface area (Å²) in [5.74, 6) is -0.0722. The number of hydrogen-bond acceptors (Lipinski definition) is 6. The molecule has 3 rings (SSSR count). The summed E-state index contributed by atoms with van der Waals surface area (Å²) in [6.45, 7) is 0.0673. The van der Waals surface area contributed by atoms with Crippen LogP contribution in [0.1, 0.15) is 5.76 Å². The zero-order chi connectivity index (χ0) is 16.4. The lowest BCUT2D eigenvalue weighted by atomic mass is 10.4. The molecule has 0 N–H and O–H groups in total. The Labute approximate surface area is 138 Å². The van der Waals surface area contributed by atoms with Crippen LogP contribution in [0.15, 0.2) is 53.2 Å². The van der Waals surface area contributed by atoms with Crippen molar-refractivity contribution < 1.29 is 18.0 Å². The Hall–Kier alpha value is -2.55. The number of hydrogen-bond donors (Lipinski definition) is 0. The second-order valence-corrected chi connectivity index (χ2v) is 5.55. The van der Waals surface area contributed by atoms with Crippen LogP contribution in [0.25, 0.3) is 11.7 Å². The highest BCUT2D eigenvalue weighted by molar-refractivity contribution is 9.10. The van der Waals surface area contributed by atoms with Crippen molar-refractivity contribution >= 4 is 21.8 Å². The van der Waals surface area contributed by atoms with Gasteiger partial charge in [0.05, 0.1) is 12.8 Å². The third kappa shape index (κ3) is 3.45. The van der Waals surface area contributed by atoms with Crippen molar-refractivity contribution in [2.24, 2.45) is 0 Å². The highest BCUT2D eigenvalue weighted by atomic mass is 79.9. The van der Waals surface area contributed by atoms with E-state index in [1.54, 1.807) is 31.3 Å². The smallest absolute Gasteiger partial charge is 0.437 e. The molecule has 120 valence electrons. The standard InChI is InChI=1S/C14H12BrN3O5/c1-17(7-9-3-2-6-21-9)12(19)8-18-14(20)23-13(16-18)10-4-5-11(15)22-10/h2-6H,7-8H2,1H3. The molecular weight excluding hydrogens is 370 g/mol. The summed E-state index contributed by atoms with van der Waals surface area (Å²) in [5.41, 5.74) is 0. The molecule has 1 amide bonds. The van der Waals surface area contributed by atoms with Gasteiger partial charge in [0, 0.05) is 7.05 Å². The van der Waals surface area contributed by atoms with E-state index >= 15 is 0 Å². The van der Waals surface area contributed by atoms with Crippen molar-refractivity contribution in [3.63, 3.8) is 0 Å². The Kier molecular flexibility index (Phi) is 4.20. The van der Waals surface area contributed by atoms with E-state index in [2.05, 4.69) is 21.0 Å². The molecular formula is C14H12BrN3O5. The summed E-state index contributed by atoms with van der Waals surface area (Å²) in [5, 5.41) is 3.96. The van der Waals surface area contributed by atoms with E-state index in [1.807, 2.05) is 0 Å². The molecule has 0 aliphatic heterocycles. The van der Waals surface area contributed by atoms with Crippen LogP contribution in [0, 0.1) is 0 Å². The number of likely N-dealkylation sites (N-methyl/N-ethyl adjacent to an activating group) is 1. The largest absolute Gasteiger partial charge is 0.467 e. The molecule has 23 heavy (non-hydrogen) atoms. The Morgan fingerprint density at radius 3 is 2.83 bits per heavy atom. The lowest BCUT2D eigenvalue weighted by Gasteiger charge is -2.14. The van der Waals surface area contributed by atoms with E-state index in [9.17, 15) is 9.59 Å². The topological polar surface area (TPSA) is 94.6 Å². The number of aromatic nitrogens is 2. The second-order valence-electron chi connectivity index (χ2n) is 4.76. The zero-order valence-corrected chi connectivity index (χ0v) is 13.6. The third-order valence-corrected chi connectivity index (χ3v) is 3.50. The molecule has 0 spiro atoms. The highest BCUT2D eigenvalue weighted by Crippen LogP contribution is 2.22. The molecule has 0 aliphatic carbocycles. The number of furan rings is 2. The van der Waals surface area contributed by atoms with Crippen LogP contribution >= 0.6 is 15.9 Å². The molecule has 0 unspecified atom stereocenters. The molecule has 3 heterocycles. The first-order valence-corrected chi connectivity index (χ1v) is 7.42. The zero-order valence-electron chi connectivity index (χ0n) is 12.1. The quantitative estimate of drug-likeness (QED) is 0.671. The Bertz CT molecular complexity index is 861. The van der Waals surface area contributed by atoms with Gasteiger partial charge >= 0.3 is 5.76 Å². The van der Waals surface area contributed by atoms with E-state index in [1.165, 1.54) is 11.2 Å². The molecule has 0 fully saturated rings. The van der Waals surface area contributed by atoms with Gasteiger partial charge in [-0.15, -0.1) is 5.10 Å². The normalized spacial score (nSPS) is 10.9. The van der Waals surface area contributed by atoms with Gasteiger partial charge in [-0.3, -0.25) is 4.79 Å². The van der Waals surface area contributed by atoms with E-state index in [0.29, 0.717) is 22.7 Å². The van der Waals surface area contributed by atoms with Gasteiger partial charge in [-0.05, 0) is 40.2 Å². The van der Waals surface area contributed by atoms with Gasteiger partial charge in [-0.1, -0.05) is 0 Å². The van der Waals surface area contributed by atoms with Crippen molar-refractivity contribution in [1.82, 2.24) is 14.7 Å². The SMILES string of the molecule is CN(Cc1ccco1)C(=O)Cn1nc(-c2ccc(Br)o2)oc1=O. The summed E-state index contributed by atoms with van der Waals surface area (Å²) in [6, 6.07) is 6.75. The molecule has 3 aromatic rings. The first-order chi connectivity index (χ1) is 11.0. The van der Waals surface area contributed by atoms with Crippen LogP contribution in [0.2, 0.25) is 0 Å². The number of amides is 1. The third-order valence-electron chi connectivity index (χ3n) is 3.07. The van der Waals surface area contributed by atoms with Gasteiger partial charge in [0.2, 0.25) is 5.91 Å². The van der Waals surface area contributed by atoms with Gasteiger partial charge < -0.3 is 18.2 Å². The summed E-state index contributed by atoms with van der Waals surface area (Å²) < 4.78 is 16.9. The maximum absolute atomic E-state index is 12.2. The van der Waals surface area contributed by atoms with Gasteiger partial charge in [-0.25, -0.2) is 4.79 Å². The maximum Gasteiger partial charge on any atom is 0.437 e. The molecule has 0 radical (unpaired) electrons. The lowest BCUT2D eigenvalue weighted by molar-refractivity contribution is -0.131. The number of rotatable bonds is 5. The Morgan fingerprint density at radius 1 is 1.35 bits per heavy atom. The van der Waals surface area contributed by atoms with Crippen LogP contribution in [0.4, 0.5) is 0 Å². The molecule has 0 saturated carbocycles. The first-order valence-electron chi connectivity index (χ1n) is 6.63. The van der Waals surface area contributed by atoms with Gasteiger partial charge in [0.25, 0.3) is 5.89 Å². The Morgan fingerprint density at radius 2 is 2.17 bits per heavy atom. The first kappa shape index (κ1) is 15.3. The van der Waals surface area contributed by atoms with E-state index in [-0.39, 0.29) is 18.3 Å². The van der Waals surface area contributed by atoms with Crippen LogP contribution in [-0.2, 0) is 17.9 Å². The monoisotopic (exact) mass is 381 g/mol. The highest BCUT2D eigenvalue weighted by Gasteiger charge is 2.18. The van der Waals surface area contributed by atoms with E-state index in [0.717, 1.165) is 4.68 Å². The van der Waals surface area contributed by atoms with E-state index < -0.39 is 5.76 Å². The fourth-order valence-electron chi connectivity index (χ4n) is 1.91. The predicted octanol–water partition coefficient (Wildman–Crippen LogP) is 2.11. The summed E-state index contributed by atoms with van der Waals surface area (Å²) in [4.78, 5) is 25.4. The van der Waals surface area contributed by atoms with Crippen LogP contribution in [0.5, 0.6) is 0 Å². The van der Waals surface area contributed by atoms with Crippen molar-refractivity contribution in [1.29, 1.82) is 0 Å². The predicted molar refractivity (Wildman–Crippen MR) is 81.3 cm³/mol. The minimum Gasteiger partial charge on any atom is -0.467 e. The van der Waals surface area contributed by atoms with Crippen molar-refractivity contribution in [2.75, 3.05) is 7.05 Å². The molecule has 0 bridgehead atoms. The van der Waals surface area contributed by atoms with Crippen molar-refractivity contribution in [3.8, 4) is 11.7 Å². The molecule has 9 heteroatoms. The average molecular weight is 382 g/mol. The second kappa shape index (κ2) is 6.29. The summed E-state index contributed by atoms with van der Waals surface area (Å²) in [7, 11) is 1.61. The maximum atomic E-state index is 12.2. The fourth-order valence-corrected chi connectivity index (χ4v) is 2.21. The number of carbonyl (C=O) groups excluding carboxylic acids is 1. The van der Waals surface area contributed by atoms with Crippen molar-refractivity contribution in [3.05, 3.63) is 51.5 Å². The molecule has 0 saturated heterocycles. The number of halogens is 1. The van der Waals surface area contributed by atoms with Gasteiger partial charge in [0.1, 0.15) is 12.3 Å². The van der Waals surface area contributed by atoms with Crippen LogP contribution in [0.3, 0.4) is 0 Å². The summed E-state index contributed by atoms with van der Waals surface area (Å²) in [6.07, 6.45) is 1.53. The minimum atomic E-state index is -0.729. The number of carbonyl (C=O) groups is 1. The number of nitrogens with zero attached hydrogens (tertiary/aromatic N) is 3. The molecule has 3 aromatic heterocycles. The van der Waals surface area contributed by atoms with Gasteiger partial charge in [0.15, 0.2) is 10.4 Å².